The molecule has 0 saturated carbocycles. The van der Waals surface area contributed by atoms with Crippen molar-refractivity contribution in [2.45, 2.75) is 32.2 Å². The fraction of sp³-hybridized carbons (Fsp3) is 0.714. The van der Waals surface area contributed by atoms with Gasteiger partial charge in [-0.2, -0.15) is 4.98 Å². The lowest BCUT2D eigenvalue weighted by Gasteiger charge is -2.03. The van der Waals surface area contributed by atoms with Crippen LogP contribution in [-0.2, 0) is 0 Å². The number of nitrogens with zero attached hydrogens (tertiary/aromatic N) is 2. The summed E-state index contributed by atoms with van der Waals surface area (Å²) in [7, 11) is 0. The van der Waals surface area contributed by atoms with Gasteiger partial charge < -0.3 is 10.3 Å². The summed E-state index contributed by atoms with van der Waals surface area (Å²) in [4.78, 5) is 3.87. The van der Waals surface area contributed by atoms with Crippen molar-refractivity contribution in [1.29, 1.82) is 0 Å². The Kier molecular flexibility index (Phi) is 3.04. The molecule has 1 heterocycles. The minimum Gasteiger partial charge on any atom is -0.343 e. The monoisotopic (exact) mass is 155 g/mol. The molecular weight excluding hydrogens is 142 g/mol. The largest absolute Gasteiger partial charge is 0.343 e. The fourth-order valence-corrected chi connectivity index (χ4v) is 0.895. The average Bonchev–Trinajstić information content (AvgIpc) is 2.52. The molecule has 0 saturated heterocycles. The third kappa shape index (κ3) is 2.31. The van der Waals surface area contributed by atoms with Gasteiger partial charge in [0.1, 0.15) is 0 Å². The second kappa shape index (κ2) is 4.08. The highest BCUT2D eigenvalue weighted by Gasteiger charge is 2.08. The molecule has 1 atom stereocenters. The Balaban J connectivity index is 2.36. The molecule has 2 N–H and O–H groups in total. The van der Waals surface area contributed by atoms with E-state index in [-0.39, 0.29) is 6.04 Å². The molecule has 4 nitrogen and oxygen atoms in total. The molecule has 0 aliphatic rings. The van der Waals surface area contributed by atoms with Crippen LogP contribution in [0.2, 0.25) is 0 Å². The molecule has 0 radical (unpaired) electrons. The molecular formula is C7H13N3O. The highest BCUT2D eigenvalue weighted by molar-refractivity contribution is 4.87. The summed E-state index contributed by atoms with van der Waals surface area (Å²) in [5.74, 6) is 0.610. The molecule has 0 bridgehead atoms. The van der Waals surface area contributed by atoms with Crippen LogP contribution in [0, 0.1) is 0 Å². The van der Waals surface area contributed by atoms with E-state index in [2.05, 4.69) is 21.6 Å². The van der Waals surface area contributed by atoms with Crippen LogP contribution in [-0.4, -0.2) is 10.1 Å². The van der Waals surface area contributed by atoms with E-state index in [0.717, 1.165) is 19.3 Å². The Morgan fingerprint density at radius 3 is 3.09 bits per heavy atom. The Morgan fingerprint density at radius 1 is 1.73 bits per heavy atom. The van der Waals surface area contributed by atoms with Gasteiger partial charge in [0.2, 0.25) is 6.39 Å². The van der Waals surface area contributed by atoms with Crippen molar-refractivity contribution in [2.24, 2.45) is 5.73 Å². The van der Waals surface area contributed by atoms with E-state index in [0.29, 0.717) is 5.82 Å². The normalized spacial score (nSPS) is 13.3. The van der Waals surface area contributed by atoms with Crippen molar-refractivity contribution in [3.63, 3.8) is 0 Å². The van der Waals surface area contributed by atoms with Gasteiger partial charge in [0, 0.05) is 0 Å². The van der Waals surface area contributed by atoms with Crippen LogP contribution in [0.25, 0.3) is 0 Å². The van der Waals surface area contributed by atoms with E-state index in [1.807, 2.05) is 0 Å². The highest BCUT2D eigenvalue weighted by atomic mass is 16.5. The van der Waals surface area contributed by atoms with Crippen LogP contribution in [0.3, 0.4) is 0 Å². The predicted molar refractivity (Wildman–Crippen MR) is 40.8 cm³/mol. The van der Waals surface area contributed by atoms with Gasteiger partial charge in [-0.1, -0.05) is 24.9 Å². The van der Waals surface area contributed by atoms with Crippen molar-refractivity contribution in [1.82, 2.24) is 10.1 Å². The molecule has 0 fully saturated rings. The van der Waals surface area contributed by atoms with E-state index < -0.39 is 0 Å². The van der Waals surface area contributed by atoms with Crippen LogP contribution in [0.4, 0.5) is 0 Å². The minimum absolute atomic E-state index is 0.0614. The standard InChI is InChI=1S/C7H13N3O/c1-2-3-4-6(8)7-9-5-11-10-7/h5-6H,2-4,8H2,1H3. The molecule has 0 aliphatic heterocycles. The van der Waals surface area contributed by atoms with Crippen molar-refractivity contribution >= 4 is 0 Å². The number of nitrogens with two attached hydrogens (primary N) is 1. The Hall–Kier alpha value is -0.900. The summed E-state index contributed by atoms with van der Waals surface area (Å²) in [5.41, 5.74) is 5.74. The maximum Gasteiger partial charge on any atom is 0.213 e. The van der Waals surface area contributed by atoms with Crippen LogP contribution < -0.4 is 5.73 Å². The Bertz CT molecular complexity index is 186. The summed E-state index contributed by atoms with van der Waals surface area (Å²) < 4.78 is 4.57. The SMILES string of the molecule is CCCCC(N)c1ncon1. The molecule has 0 spiro atoms. The molecule has 1 rings (SSSR count). The van der Waals surface area contributed by atoms with Crippen LogP contribution in [0.1, 0.15) is 38.1 Å². The molecule has 62 valence electrons. The number of hydrogen-bond donors (Lipinski definition) is 1. The van der Waals surface area contributed by atoms with E-state index in [1.165, 1.54) is 6.39 Å². The summed E-state index contributed by atoms with van der Waals surface area (Å²) in [6.45, 7) is 2.13. The zero-order valence-corrected chi connectivity index (χ0v) is 6.66. The third-order valence-corrected chi connectivity index (χ3v) is 1.58. The third-order valence-electron chi connectivity index (χ3n) is 1.58. The summed E-state index contributed by atoms with van der Waals surface area (Å²) in [6.07, 6.45) is 4.48. The zero-order valence-electron chi connectivity index (χ0n) is 6.66. The van der Waals surface area contributed by atoms with E-state index in [4.69, 9.17) is 5.73 Å². The molecule has 0 aliphatic carbocycles. The number of rotatable bonds is 4. The van der Waals surface area contributed by atoms with Crippen molar-refractivity contribution in [3.8, 4) is 0 Å². The number of hydrogen-bond acceptors (Lipinski definition) is 4. The van der Waals surface area contributed by atoms with Gasteiger partial charge in [0.15, 0.2) is 5.82 Å². The molecule has 1 aromatic rings. The number of aromatic nitrogens is 2. The van der Waals surface area contributed by atoms with Crippen molar-refractivity contribution < 1.29 is 4.52 Å². The van der Waals surface area contributed by atoms with Gasteiger partial charge in [-0.15, -0.1) is 0 Å². The smallest absolute Gasteiger partial charge is 0.213 e. The van der Waals surface area contributed by atoms with E-state index >= 15 is 0 Å². The Morgan fingerprint density at radius 2 is 2.55 bits per heavy atom. The molecule has 0 aromatic carbocycles. The van der Waals surface area contributed by atoms with E-state index in [1.54, 1.807) is 0 Å². The molecule has 0 amide bonds. The highest BCUT2D eigenvalue weighted by Crippen LogP contribution is 2.11. The molecule has 11 heavy (non-hydrogen) atoms. The molecule has 1 aromatic heterocycles. The topological polar surface area (TPSA) is 64.9 Å². The Labute approximate surface area is 65.8 Å². The van der Waals surface area contributed by atoms with E-state index in [9.17, 15) is 0 Å². The summed E-state index contributed by atoms with van der Waals surface area (Å²) in [5, 5.41) is 3.66. The summed E-state index contributed by atoms with van der Waals surface area (Å²) >= 11 is 0. The fourth-order valence-electron chi connectivity index (χ4n) is 0.895. The maximum atomic E-state index is 5.74. The predicted octanol–water partition coefficient (Wildman–Crippen LogP) is 1.26. The minimum atomic E-state index is -0.0614. The van der Waals surface area contributed by atoms with Crippen molar-refractivity contribution in [2.75, 3.05) is 0 Å². The quantitative estimate of drug-likeness (QED) is 0.710. The lowest BCUT2D eigenvalue weighted by atomic mass is 10.1. The average molecular weight is 155 g/mol. The van der Waals surface area contributed by atoms with Gasteiger partial charge in [0.25, 0.3) is 0 Å². The lowest BCUT2D eigenvalue weighted by molar-refractivity contribution is 0.401. The van der Waals surface area contributed by atoms with Crippen LogP contribution >= 0.6 is 0 Å². The van der Waals surface area contributed by atoms with Gasteiger partial charge in [0.05, 0.1) is 6.04 Å². The number of unbranched alkanes of at least 4 members (excludes halogenated alkanes) is 1. The summed E-state index contributed by atoms with van der Waals surface area (Å²) in [6, 6.07) is -0.0614. The van der Waals surface area contributed by atoms with Gasteiger partial charge in [-0.3, -0.25) is 0 Å². The first-order valence-electron chi connectivity index (χ1n) is 3.86. The van der Waals surface area contributed by atoms with Gasteiger partial charge in [-0.05, 0) is 6.42 Å². The first-order chi connectivity index (χ1) is 5.34. The zero-order chi connectivity index (χ0) is 8.10. The van der Waals surface area contributed by atoms with Gasteiger partial charge in [-0.25, -0.2) is 0 Å². The van der Waals surface area contributed by atoms with Crippen molar-refractivity contribution in [3.05, 3.63) is 12.2 Å². The second-order valence-corrected chi connectivity index (χ2v) is 2.54. The lowest BCUT2D eigenvalue weighted by Crippen LogP contribution is -2.11. The second-order valence-electron chi connectivity index (χ2n) is 2.54. The van der Waals surface area contributed by atoms with Crippen LogP contribution in [0.15, 0.2) is 10.9 Å². The van der Waals surface area contributed by atoms with Gasteiger partial charge >= 0.3 is 0 Å². The maximum absolute atomic E-state index is 5.74. The first-order valence-corrected chi connectivity index (χ1v) is 3.86. The molecule has 4 heteroatoms. The van der Waals surface area contributed by atoms with Crippen LogP contribution in [0.5, 0.6) is 0 Å². The molecule has 1 unspecified atom stereocenters. The first kappa shape index (κ1) is 8.20.